The van der Waals surface area contributed by atoms with E-state index in [4.69, 9.17) is 37.8 Å². The normalized spacial score (nSPS) is 10.9. The van der Waals surface area contributed by atoms with Crippen LogP contribution in [0.4, 0.5) is 10.8 Å². The standard InChI is InChI=1S/C33H26Cl2N4O5S/c1-2-43-29-16-21(15-27(35)30(29)44-18-20-3-5-24(6-4-20)32(41)42)17-36-39-31(40)23-9-7-22(8-10-23)28-19-45-33(38-28)37-26-13-11-25(34)12-14-26/h3-17,19H,2,18H2,1H3,(H,37,38)(H,39,40)(H,41,42)/b36-17-. The number of carboxylic acids is 1. The van der Waals surface area contributed by atoms with Gasteiger partial charge in [-0.1, -0.05) is 47.5 Å². The zero-order valence-electron chi connectivity index (χ0n) is 23.8. The molecule has 45 heavy (non-hydrogen) atoms. The van der Waals surface area contributed by atoms with Crippen molar-refractivity contribution in [1.29, 1.82) is 0 Å². The first-order valence-electron chi connectivity index (χ1n) is 13.6. The minimum atomic E-state index is -0.999. The number of rotatable bonds is 12. The van der Waals surface area contributed by atoms with Crippen LogP contribution in [0, 0.1) is 0 Å². The van der Waals surface area contributed by atoms with Crippen LogP contribution in [-0.4, -0.2) is 34.8 Å². The number of ether oxygens (including phenoxy) is 2. The molecule has 1 aromatic heterocycles. The molecule has 0 aliphatic heterocycles. The summed E-state index contributed by atoms with van der Waals surface area (Å²) in [5, 5.41) is 20.0. The SMILES string of the molecule is CCOc1cc(/C=N\NC(=O)c2ccc(-c3csc(Nc4ccc(Cl)cc4)n3)cc2)cc(Cl)c1OCc1ccc(C(=O)O)cc1. The molecule has 228 valence electrons. The van der Waals surface area contributed by atoms with Gasteiger partial charge in [0.15, 0.2) is 16.6 Å². The maximum Gasteiger partial charge on any atom is 0.335 e. The fourth-order valence-corrected chi connectivity index (χ4v) is 5.25. The number of benzene rings is 4. The van der Waals surface area contributed by atoms with Gasteiger partial charge in [-0.05, 0) is 78.7 Å². The Bertz CT molecular complexity index is 1830. The second-order valence-electron chi connectivity index (χ2n) is 9.50. The van der Waals surface area contributed by atoms with Crippen molar-refractivity contribution in [1.82, 2.24) is 10.4 Å². The summed E-state index contributed by atoms with van der Waals surface area (Å²) in [5.41, 5.74) is 7.04. The molecular weight excluding hydrogens is 635 g/mol. The average molecular weight is 662 g/mol. The van der Waals surface area contributed by atoms with Gasteiger partial charge < -0.3 is 19.9 Å². The lowest BCUT2D eigenvalue weighted by Gasteiger charge is -2.14. The number of carbonyl (C=O) groups is 2. The number of thiazole rings is 1. The summed E-state index contributed by atoms with van der Waals surface area (Å²) in [6, 6.07) is 24.1. The third-order valence-corrected chi connectivity index (χ3v) is 7.63. The van der Waals surface area contributed by atoms with E-state index in [1.807, 2.05) is 36.6 Å². The Morgan fingerprint density at radius 1 is 0.956 bits per heavy atom. The number of nitrogens with one attached hydrogen (secondary N) is 2. The van der Waals surface area contributed by atoms with Crippen molar-refractivity contribution in [2.24, 2.45) is 5.10 Å². The molecular formula is C33H26Cl2N4O5S. The van der Waals surface area contributed by atoms with Crippen LogP contribution in [0.15, 0.2) is 95.4 Å². The van der Waals surface area contributed by atoms with E-state index in [1.54, 1.807) is 48.5 Å². The molecule has 3 N–H and O–H groups in total. The van der Waals surface area contributed by atoms with Gasteiger partial charge in [0.25, 0.3) is 5.91 Å². The second-order valence-corrected chi connectivity index (χ2v) is 11.2. The minimum absolute atomic E-state index is 0.159. The van der Waals surface area contributed by atoms with Crippen LogP contribution >= 0.6 is 34.5 Å². The van der Waals surface area contributed by atoms with Gasteiger partial charge in [0.05, 0.1) is 29.1 Å². The molecule has 12 heteroatoms. The van der Waals surface area contributed by atoms with Crippen LogP contribution in [0.2, 0.25) is 10.0 Å². The van der Waals surface area contributed by atoms with Crippen molar-refractivity contribution in [2.45, 2.75) is 13.5 Å². The van der Waals surface area contributed by atoms with Gasteiger partial charge >= 0.3 is 5.97 Å². The topological polar surface area (TPSA) is 122 Å². The van der Waals surface area contributed by atoms with Crippen LogP contribution in [0.5, 0.6) is 11.5 Å². The lowest BCUT2D eigenvalue weighted by atomic mass is 10.1. The molecule has 0 saturated heterocycles. The molecule has 0 spiro atoms. The second kappa shape index (κ2) is 14.7. The maximum absolute atomic E-state index is 12.7. The van der Waals surface area contributed by atoms with Gasteiger partial charge in [-0.25, -0.2) is 15.2 Å². The van der Waals surface area contributed by atoms with E-state index in [1.165, 1.54) is 29.7 Å². The molecule has 9 nitrogen and oxygen atoms in total. The number of hydrogen-bond donors (Lipinski definition) is 3. The Labute approximate surface area is 273 Å². The highest BCUT2D eigenvalue weighted by molar-refractivity contribution is 7.14. The van der Waals surface area contributed by atoms with Gasteiger partial charge in [-0.3, -0.25) is 4.79 Å². The molecule has 0 aliphatic rings. The van der Waals surface area contributed by atoms with Gasteiger partial charge in [-0.2, -0.15) is 5.10 Å². The number of carbonyl (C=O) groups excluding carboxylic acids is 1. The van der Waals surface area contributed by atoms with Gasteiger partial charge in [0.1, 0.15) is 6.61 Å². The number of aromatic nitrogens is 1. The molecule has 0 unspecified atom stereocenters. The number of carboxylic acid groups (broad SMARTS) is 1. The summed E-state index contributed by atoms with van der Waals surface area (Å²) in [4.78, 5) is 28.4. The Morgan fingerprint density at radius 3 is 2.36 bits per heavy atom. The molecule has 0 fully saturated rings. The van der Waals surface area contributed by atoms with Crippen LogP contribution in [0.1, 0.15) is 38.8 Å². The highest BCUT2D eigenvalue weighted by Crippen LogP contribution is 2.37. The van der Waals surface area contributed by atoms with Crippen molar-refractivity contribution in [3.8, 4) is 22.8 Å². The Kier molecular flexibility index (Phi) is 10.3. The van der Waals surface area contributed by atoms with E-state index < -0.39 is 5.97 Å². The Hall–Kier alpha value is -4.90. The predicted molar refractivity (Wildman–Crippen MR) is 178 cm³/mol. The zero-order valence-corrected chi connectivity index (χ0v) is 26.1. The summed E-state index contributed by atoms with van der Waals surface area (Å²) in [5.74, 6) is -0.633. The van der Waals surface area contributed by atoms with Gasteiger partial charge in [-0.15, -0.1) is 11.3 Å². The first-order valence-corrected chi connectivity index (χ1v) is 15.3. The Balaban J connectivity index is 1.19. The summed E-state index contributed by atoms with van der Waals surface area (Å²) < 4.78 is 11.6. The van der Waals surface area contributed by atoms with Gasteiger partial charge in [0.2, 0.25) is 0 Å². The van der Waals surface area contributed by atoms with E-state index >= 15 is 0 Å². The summed E-state index contributed by atoms with van der Waals surface area (Å²) in [7, 11) is 0. The number of halogens is 2. The largest absolute Gasteiger partial charge is 0.490 e. The van der Waals surface area contributed by atoms with Crippen LogP contribution < -0.4 is 20.2 Å². The van der Waals surface area contributed by atoms with E-state index in [-0.39, 0.29) is 18.1 Å². The first kappa shape index (κ1) is 31.5. The predicted octanol–water partition coefficient (Wildman–Crippen LogP) is 8.30. The van der Waals surface area contributed by atoms with E-state index in [0.29, 0.717) is 39.3 Å². The monoisotopic (exact) mass is 660 g/mol. The summed E-state index contributed by atoms with van der Waals surface area (Å²) >= 11 is 13.9. The third-order valence-electron chi connectivity index (χ3n) is 6.34. The average Bonchev–Trinajstić information content (AvgIpc) is 3.50. The van der Waals surface area contributed by atoms with E-state index in [9.17, 15) is 9.59 Å². The molecule has 5 aromatic rings. The lowest BCUT2D eigenvalue weighted by Crippen LogP contribution is -2.17. The third kappa shape index (κ3) is 8.39. The number of nitrogens with zero attached hydrogens (tertiary/aromatic N) is 2. The van der Waals surface area contributed by atoms with Crippen LogP contribution in [0.25, 0.3) is 11.3 Å². The number of anilines is 2. The lowest BCUT2D eigenvalue weighted by molar-refractivity contribution is 0.0696. The fourth-order valence-electron chi connectivity index (χ4n) is 4.11. The number of aromatic carboxylic acids is 1. The molecule has 0 aliphatic carbocycles. The van der Waals surface area contributed by atoms with Crippen LogP contribution in [0.3, 0.4) is 0 Å². The molecule has 4 aromatic carbocycles. The number of hydrogen-bond acceptors (Lipinski definition) is 8. The Morgan fingerprint density at radius 2 is 1.67 bits per heavy atom. The maximum atomic E-state index is 12.7. The van der Waals surface area contributed by atoms with Crippen molar-refractivity contribution in [3.63, 3.8) is 0 Å². The minimum Gasteiger partial charge on any atom is -0.490 e. The molecule has 5 rings (SSSR count). The summed E-state index contributed by atoms with van der Waals surface area (Å²) in [6.07, 6.45) is 1.46. The molecule has 0 atom stereocenters. The van der Waals surface area contributed by atoms with Crippen molar-refractivity contribution in [3.05, 3.63) is 123 Å². The highest BCUT2D eigenvalue weighted by Gasteiger charge is 2.14. The molecule has 1 heterocycles. The smallest absolute Gasteiger partial charge is 0.335 e. The number of amides is 1. The number of hydrazone groups is 1. The molecule has 0 saturated carbocycles. The summed E-state index contributed by atoms with van der Waals surface area (Å²) in [6.45, 7) is 2.36. The highest BCUT2D eigenvalue weighted by atomic mass is 35.5. The quantitative estimate of drug-likeness (QED) is 0.0908. The van der Waals surface area contributed by atoms with Crippen molar-refractivity contribution >= 4 is 63.4 Å². The van der Waals surface area contributed by atoms with E-state index in [2.05, 4.69) is 20.8 Å². The van der Waals surface area contributed by atoms with Crippen molar-refractivity contribution in [2.75, 3.05) is 11.9 Å². The fraction of sp³-hybridized carbons (Fsp3) is 0.0909. The van der Waals surface area contributed by atoms with Crippen LogP contribution in [-0.2, 0) is 6.61 Å². The molecule has 0 radical (unpaired) electrons. The molecule has 0 bridgehead atoms. The van der Waals surface area contributed by atoms with E-state index in [0.717, 1.165) is 27.6 Å². The zero-order chi connectivity index (χ0) is 31.8. The molecule has 1 amide bonds. The first-order chi connectivity index (χ1) is 21.8. The van der Waals surface area contributed by atoms with Crippen molar-refractivity contribution < 1.29 is 24.2 Å². The van der Waals surface area contributed by atoms with Gasteiger partial charge in [0, 0.05) is 27.2 Å².